The number of pyridine rings is 2. The highest BCUT2D eigenvalue weighted by Crippen LogP contribution is 2.30. The molecule has 3 aromatic rings. The Bertz CT molecular complexity index is 1250. The zero-order chi connectivity index (χ0) is 22.2. The summed E-state index contributed by atoms with van der Waals surface area (Å²) in [5.41, 5.74) is 4.56. The molecule has 5 rings (SSSR count). The molecule has 1 fully saturated rings. The number of hydrogen-bond acceptors (Lipinski definition) is 5. The maximum Gasteiger partial charge on any atom is 0.144 e. The third-order valence-corrected chi connectivity index (χ3v) is 6.42. The lowest BCUT2D eigenvalue weighted by Gasteiger charge is -2.33. The molecule has 8 heteroatoms. The smallest absolute Gasteiger partial charge is 0.144 e. The summed E-state index contributed by atoms with van der Waals surface area (Å²) in [6, 6.07) is 8.42. The Balaban J connectivity index is 1.47. The number of hydrogen-bond donors (Lipinski definition) is 1. The van der Waals surface area contributed by atoms with Gasteiger partial charge in [-0.15, -0.1) is 0 Å². The minimum Gasteiger partial charge on any atom is -0.370 e. The first kappa shape index (κ1) is 21.0. The number of allylic oxidation sites excluding steroid dienone is 1. The van der Waals surface area contributed by atoms with E-state index >= 15 is 0 Å². The number of rotatable bonds is 4. The maximum absolute atomic E-state index is 14.5. The van der Waals surface area contributed by atoms with Crippen LogP contribution in [0, 0.1) is 11.6 Å². The fourth-order valence-corrected chi connectivity index (χ4v) is 4.48. The molecular weight excluding hydrogens is 432 g/mol. The molecule has 0 saturated carbocycles. The normalized spacial score (nSPS) is 17.1. The maximum atomic E-state index is 14.5. The highest BCUT2D eigenvalue weighted by atomic mass is 35.5. The second-order valence-corrected chi connectivity index (χ2v) is 8.44. The Hall–Kier alpha value is -2.90. The topological polar surface area (TPSA) is 53.4 Å². The van der Waals surface area contributed by atoms with Gasteiger partial charge in [0, 0.05) is 36.3 Å². The molecule has 1 aromatic carbocycles. The predicted octanol–water partition coefficient (Wildman–Crippen LogP) is 4.64. The van der Waals surface area contributed by atoms with Gasteiger partial charge in [0.15, 0.2) is 0 Å². The largest absolute Gasteiger partial charge is 0.370 e. The predicted molar refractivity (Wildman–Crippen MR) is 125 cm³/mol. The zero-order valence-corrected chi connectivity index (χ0v) is 18.3. The van der Waals surface area contributed by atoms with E-state index in [-0.39, 0.29) is 10.6 Å². The molecule has 0 unspecified atom stereocenters. The summed E-state index contributed by atoms with van der Waals surface area (Å²) in [5.74, 6) is -1.49. The molecule has 0 amide bonds. The average Bonchev–Trinajstić information content (AvgIpc) is 3.30. The van der Waals surface area contributed by atoms with Gasteiger partial charge in [-0.05, 0) is 44.2 Å². The second-order valence-electron chi connectivity index (χ2n) is 8.03. The molecule has 2 aromatic heterocycles. The quantitative estimate of drug-likeness (QED) is 0.585. The second kappa shape index (κ2) is 8.56. The zero-order valence-electron chi connectivity index (χ0n) is 17.6. The third-order valence-electron chi connectivity index (χ3n) is 6.13. The number of aromatic nitrogens is 2. The summed E-state index contributed by atoms with van der Waals surface area (Å²) in [6.45, 7) is 2.33. The van der Waals surface area contributed by atoms with E-state index in [2.05, 4.69) is 20.2 Å². The summed E-state index contributed by atoms with van der Waals surface area (Å²) in [7, 11) is 2.00. The highest BCUT2D eigenvalue weighted by Gasteiger charge is 2.23. The molecule has 2 aliphatic heterocycles. The van der Waals surface area contributed by atoms with Crippen molar-refractivity contribution in [2.45, 2.75) is 18.9 Å². The van der Waals surface area contributed by atoms with E-state index in [1.807, 2.05) is 37.5 Å². The standard InChI is InChI=1S/C24H22ClF2N5/c1-28-14-5-8-32(9-6-14)15-10-23-22(30-13-15)3-2-21(31-23)16-4-7-29-24(16)17-11-18(25)20(27)12-19(17)26/h2-4,10-14,28H,5-9H2,1H3. The van der Waals surface area contributed by atoms with Crippen LogP contribution in [0.4, 0.5) is 14.5 Å². The molecule has 5 nitrogen and oxygen atoms in total. The van der Waals surface area contributed by atoms with Crippen molar-refractivity contribution >= 4 is 39.6 Å². The highest BCUT2D eigenvalue weighted by molar-refractivity contribution is 6.35. The Kier molecular flexibility index (Phi) is 5.61. The Labute approximate surface area is 189 Å². The minimum absolute atomic E-state index is 0.141. The molecular formula is C24H22ClF2N5. The van der Waals surface area contributed by atoms with Crippen molar-refractivity contribution in [1.82, 2.24) is 15.3 Å². The van der Waals surface area contributed by atoms with E-state index in [4.69, 9.17) is 16.6 Å². The summed E-state index contributed by atoms with van der Waals surface area (Å²) in [5, 5.41) is 3.20. The van der Waals surface area contributed by atoms with Crippen molar-refractivity contribution in [2.75, 3.05) is 31.6 Å². The first-order valence-corrected chi connectivity index (χ1v) is 11.0. The van der Waals surface area contributed by atoms with E-state index < -0.39 is 11.6 Å². The van der Waals surface area contributed by atoms with Gasteiger partial charge in [-0.1, -0.05) is 17.7 Å². The van der Waals surface area contributed by atoms with Gasteiger partial charge in [0.25, 0.3) is 0 Å². The fourth-order valence-electron chi connectivity index (χ4n) is 4.32. The van der Waals surface area contributed by atoms with E-state index in [0.29, 0.717) is 29.6 Å². The first-order chi connectivity index (χ1) is 15.5. The van der Waals surface area contributed by atoms with E-state index in [1.54, 1.807) is 0 Å². The van der Waals surface area contributed by atoms with Crippen molar-refractivity contribution in [2.24, 2.45) is 4.99 Å². The molecule has 0 spiro atoms. The summed E-state index contributed by atoms with van der Waals surface area (Å²) >= 11 is 5.90. The van der Waals surface area contributed by atoms with Crippen LogP contribution in [0.25, 0.3) is 16.6 Å². The Morgan fingerprint density at radius 2 is 1.88 bits per heavy atom. The van der Waals surface area contributed by atoms with Crippen LogP contribution in [0.15, 0.2) is 47.6 Å². The van der Waals surface area contributed by atoms with Crippen LogP contribution < -0.4 is 10.2 Å². The molecule has 164 valence electrons. The van der Waals surface area contributed by atoms with E-state index in [9.17, 15) is 8.78 Å². The van der Waals surface area contributed by atoms with Crippen LogP contribution in [-0.2, 0) is 0 Å². The summed E-state index contributed by atoms with van der Waals surface area (Å²) in [4.78, 5) is 16.1. The average molecular weight is 454 g/mol. The fraction of sp³-hybridized carbons (Fsp3) is 0.292. The Morgan fingerprint density at radius 3 is 2.66 bits per heavy atom. The number of piperidine rings is 1. The Morgan fingerprint density at radius 1 is 1.06 bits per heavy atom. The lowest BCUT2D eigenvalue weighted by atomic mass is 9.99. The van der Waals surface area contributed by atoms with E-state index in [1.165, 1.54) is 6.07 Å². The van der Waals surface area contributed by atoms with Gasteiger partial charge in [-0.3, -0.25) is 9.98 Å². The van der Waals surface area contributed by atoms with Crippen LogP contribution in [0.5, 0.6) is 0 Å². The molecule has 2 aliphatic rings. The van der Waals surface area contributed by atoms with Crippen molar-refractivity contribution in [3.63, 3.8) is 0 Å². The third kappa shape index (κ3) is 3.87. The van der Waals surface area contributed by atoms with Crippen LogP contribution >= 0.6 is 11.6 Å². The number of nitrogens with zero attached hydrogens (tertiary/aromatic N) is 4. The number of aliphatic imine (C=N–C) groups is 1. The lowest BCUT2D eigenvalue weighted by molar-refractivity contribution is 0.442. The molecule has 0 radical (unpaired) electrons. The molecule has 0 aliphatic carbocycles. The number of anilines is 1. The van der Waals surface area contributed by atoms with Gasteiger partial charge in [0.1, 0.15) is 11.6 Å². The van der Waals surface area contributed by atoms with Gasteiger partial charge in [-0.25, -0.2) is 13.8 Å². The molecule has 32 heavy (non-hydrogen) atoms. The summed E-state index contributed by atoms with van der Waals surface area (Å²) < 4.78 is 28.1. The van der Waals surface area contributed by atoms with Crippen molar-refractivity contribution < 1.29 is 8.78 Å². The van der Waals surface area contributed by atoms with Crippen LogP contribution in [-0.4, -0.2) is 48.4 Å². The van der Waals surface area contributed by atoms with Crippen LogP contribution in [0.3, 0.4) is 0 Å². The molecule has 0 atom stereocenters. The monoisotopic (exact) mass is 453 g/mol. The number of fused-ring (bicyclic) bond motifs is 1. The van der Waals surface area contributed by atoms with Crippen LogP contribution in [0.1, 0.15) is 24.1 Å². The first-order valence-electron chi connectivity index (χ1n) is 10.6. The van der Waals surface area contributed by atoms with Gasteiger partial charge in [0.2, 0.25) is 0 Å². The van der Waals surface area contributed by atoms with Crippen molar-refractivity contribution in [3.05, 3.63) is 70.5 Å². The lowest BCUT2D eigenvalue weighted by Crippen LogP contribution is -2.41. The van der Waals surface area contributed by atoms with E-state index in [0.717, 1.165) is 48.7 Å². The summed E-state index contributed by atoms with van der Waals surface area (Å²) in [6.07, 6.45) is 5.95. The van der Waals surface area contributed by atoms with Gasteiger partial charge in [0.05, 0.1) is 45.9 Å². The molecule has 1 saturated heterocycles. The molecule has 1 N–H and O–H groups in total. The SMILES string of the molecule is CNC1CCN(c2cnc3ccc(C4=CCN=C4c4cc(Cl)c(F)cc4F)nc3c2)CC1. The molecule has 4 heterocycles. The van der Waals surface area contributed by atoms with Gasteiger partial charge >= 0.3 is 0 Å². The van der Waals surface area contributed by atoms with Crippen molar-refractivity contribution in [1.29, 1.82) is 0 Å². The number of halogens is 3. The van der Waals surface area contributed by atoms with Crippen molar-refractivity contribution in [3.8, 4) is 0 Å². The van der Waals surface area contributed by atoms with Crippen LogP contribution in [0.2, 0.25) is 5.02 Å². The number of nitrogens with one attached hydrogen (secondary N) is 1. The minimum atomic E-state index is -0.793. The molecule has 0 bridgehead atoms. The number of benzene rings is 1. The van der Waals surface area contributed by atoms with Gasteiger partial charge in [-0.2, -0.15) is 0 Å². The van der Waals surface area contributed by atoms with Gasteiger partial charge < -0.3 is 10.2 Å².